The molecular weight excluding hydrogens is 252 g/mol. The largest absolute Gasteiger partial charge is 0.504 e. The summed E-state index contributed by atoms with van der Waals surface area (Å²) in [7, 11) is 0. The molecule has 0 saturated heterocycles. The number of hydrogen-bond donors (Lipinski definition) is 2. The van der Waals surface area contributed by atoms with Crippen LogP contribution in [-0.4, -0.2) is 11.0 Å². The highest BCUT2D eigenvalue weighted by Crippen LogP contribution is 2.61. The van der Waals surface area contributed by atoms with E-state index in [1.807, 2.05) is 0 Å². The summed E-state index contributed by atoms with van der Waals surface area (Å²) in [4.78, 5) is 11.6. The van der Waals surface area contributed by atoms with Crippen molar-refractivity contribution in [2.45, 2.75) is 38.5 Å². The minimum Gasteiger partial charge on any atom is -0.504 e. The first-order chi connectivity index (χ1) is 9.58. The fourth-order valence-corrected chi connectivity index (χ4v) is 5.35. The van der Waals surface area contributed by atoms with Gasteiger partial charge in [0, 0.05) is 0 Å². The third-order valence-corrected chi connectivity index (χ3v) is 5.62. The molecular formula is C16H18N2O2. The maximum atomic E-state index is 11.6. The SMILES string of the molecule is N#CC1=C(O)/C(=C/C23CC4CC(CC(C4)C2)C3)NC1=O. The van der Waals surface area contributed by atoms with Crippen LogP contribution in [-0.2, 0) is 4.79 Å². The topological polar surface area (TPSA) is 73.1 Å². The number of nitrogens with zero attached hydrogens (tertiary/aromatic N) is 1. The van der Waals surface area contributed by atoms with E-state index in [1.165, 1.54) is 38.5 Å². The van der Waals surface area contributed by atoms with E-state index in [9.17, 15) is 9.90 Å². The Kier molecular flexibility index (Phi) is 2.33. The maximum absolute atomic E-state index is 11.6. The Bertz CT molecular complexity index is 559. The Morgan fingerprint density at radius 3 is 2.20 bits per heavy atom. The van der Waals surface area contributed by atoms with Crippen molar-refractivity contribution in [2.75, 3.05) is 0 Å². The average Bonchev–Trinajstić information content (AvgIpc) is 2.61. The summed E-state index contributed by atoms with van der Waals surface area (Å²) < 4.78 is 0. The number of aliphatic hydroxyl groups excluding tert-OH is 1. The smallest absolute Gasteiger partial charge is 0.270 e. The Hall–Kier alpha value is -1.76. The van der Waals surface area contributed by atoms with Crippen molar-refractivity contribution in [3.8, 4) is 6.07 Å². The fraction of sp³-hybridized carbons (Fsp3) is 0.625. The summed E-state index contributed by atoms with van der Waals surface area (Å²) >= 11 is 0. The van der Waals surface area contributed by atoms with Crippen LogP contribution in [0, 0.1) is 34.5 Å². The van der Waals surface area contributed by atoms with E-state index in [0.717, 1.165) is 17.8 Å². The molecule has 0 atom stereocenters. The van der Waals surface area contributed by atoms with Crippen molar-refractivity contribution < 1.29 is 9.90 Å². The molecule has 104 valence electrons. The van der Waals surface area contributed by atoms with Gasteiger partial charge in [0.15, 0.2) is 11.3 Å². The number of carbonyl (C=O) groups excluding carboxylic acids is 1. The summed E-state index contributed by atoms with van der Waals surface area (Å²) in [6.07, 6.45) is 9.67. The molecule has 0 spiro atoms. The van der Waals surface area contributed by atoms with Crippen molar-refractivity contribution in [1.82, 2.24) is 5.32 Å². The molecule has 0 unspecified atom stereocenters. The second-order valence-corrected chi connectivity index (χ2v) is 7.13. The minimum absolute atomic E-state index is 0.135. The van der Waals surface area contributed by atoms with Gasteiger partial charge in [0.1, 0.15) is 6.07 Å². The van der Waals surface area contributed by atoms with Crippen molar-refractivity contribution in [2.24, 2.45) is 23.2 Å². The van der Waals surface area contributed by atoms with Gasteiger partial charge in [0.05, 0.1) is 5.70 Å². The number of allylic oxidation sites excluding steroid dienone is 1. The van der Waals surface area contributed by atoms with Crippen LogP contribution in [0.3, 0.4) is 0 Å². The van der Waals surface area contributed by atoms with Gasteiger partial charge < -0.3 is 10.4 Å². The molecule has 0 radical (unpaired) electrons. The van der Waals surface area contributed by atoms with E-state index < -0.39 is 5.91 Å². The molecule has 4 nitrogen and oxygen atoms in total. The highest BCUT2D eigenvalue weighted by Gasteiger charge is 2.50. The molecule has 5 rings (SSSR count). The van der Waals surface area contributed by atoms with Crippen LogP contribution in [0.25, 0.3) is 0 Å². The predicted octanol–water partition coefficient (Wildman–Crippen LogP) is 2.55. The molecule has 20 heavy (non-hydrogen) atoms. The summed E-state index contributed by atoms with van der Waals surface area (Å²) in [5, 5.41) is 21.6. The summed E-state index contributed by atoms with van der Waals surface area (Å²) in [6.45, 7) is 0. The van der Waals surface area contributed by atoms with Crippen LogP contribution < -0.4 is 5.32 Å². The van der Waals surface area contributed by atoms with Crippen molar-refractivity contribution in [3.63, 3.8) is 0 Å². The molecule has 0 aromatic heterocycles. The first kappa shape index (κ1) is 12.0. The van der Waals surface area contributed by atoms with Gasteiger partial charge in [-0.15, -0.1) is 0 Å². The number of aliphatic hydroxyl groups is 1. The van der Waals surface area contributed by atoms with Gasteiger partial charge in [0.2, 0.25) is 0 Å². The second-order valence-electron chi connectivity index (χ2n) is 7.13. The van der Waals surface area contributed by atoms with Crippen molar-refractivity contribution in [3.05, 3.63) is 23.1 Å². The van der Waals surface area contributed by atoms with E-state index in [4.69, 9.17) is 5.26 Å². The van der Waals surface area contributed by atoms with Crippen LogP contribution in [0.4, 0.5) is 0 Å². The third kappa shape index (κ3) is 1.62. The lowest BCUT2D eigenvalue weighted by atomic mass is 9.49. The molecule has 1 heterocycles. The van der Waals surface area contributed by atoms with Gasteiger partial charge in [-0.25, -0.2) is 0 Å². The lowest BCUT2D eigenvalue weighted by Gasteiger charge is -2.56. The molecule has 4 bridgehead atoms. The average molecular weight is 270 g/mol. The van der Waals surface area contributed by atoms with Crippen molar-refractivity contribution in [1.29, 1.82) is 5.26 Å². The van der Waals surface area contributed by atoms with Gasteiger partial charge >= 0.3 is 0 Å². The van der Waals surface area contributed by atoms with E-state index in [-0.39, 0.29) is 16.7 Å². The minimum atomic E-state index is -0.471. The number of nitrogens with one attached hydrogen (secondary N) is 1. The number of nitriles is 1. The van der Waals surface area contributed by atoms with E-state index >= 15 is 0 Å². The predicted molar refractivity (Wildman–Crippen MR) is 72.1 cm³/mol. The monoisotopic (exact) mass is 270 g/mol. The molecule has 2 N–H and O–H groups in total. The Morgan fingerprint density at radius 1 is 1.20 bits per heavy atom. The lowest BCUT2D eigenvalue weighted by Crippen LogP contribution is -2.45. The van der Waals surface area contributed by atoms with Gasteiger partial charge in [-0.05, 0) is 61.7 Å². The molecule has 1 amide bonds. The first-order valence-corrected chi connectivity index (χ1v) is 7.46. The van der Waals surface area contributed by atoms with E-state index in [1.54, 1.807) is 6.07 Å². The van der Waals surface area contributed by atoms with Gasteiger partial charge in [-0.3, -0.25) is 4.79 Å². The standard InChI is InChI=1S/C16H18N2O2/c17-8-12-14(19)13(18-15(12)20)7-16-4-9-1-10(5-16)3-11(2-9)6-16/h7,9-11,19H,1-6H2,(H,18,20)/b13-7-. The molecule has 4 fully saturated rings. The van der Waals surface area contributed by atoms with Crippen LogP contribution >= 0.6 is 0 Å². The van der Waals surface area contributed by atoms with Gasteiger partial charge in [0.25, 0.3) is 5.91 Å². The lowest BCUT2D eigenvalue weighted by molar-refractivity contribution is -0.115. The number of amides is 1. The van der Waals surface area contributed by atoms with E-state index in [2.05, 4.69) is 11.4 Å². The van der Waals surface area contributed by atoms with Crippen LogP contribution in [0.2, 0.25) is 0 Å². The fourth-order valence-electron chi connectivity index (χ4n) is 5.35. The molecule has 4 aliphatic carbocycles. The van der Waals surface area contributed by atoms with Crippen LogP contribution in [0.5, 0.6) is 0 Å². The molecule has 4 heteroatoms. The van der Waals surface area contributed by atoms with Crippen LogP contribution in [0.15, 0.2) is 23.1 Å². The molecule has 0 aromatic rings. The molecule has 1 aliphatic heterocycles. The zero-order valence-electron chi connectivity index (χ0n) is 11.4. The number of hydrogen-bond acceptors (Lipinski definition) is 3. The molecule has 0 aromatic carbocycles. The highest BCUT2D eigenvalue weighted by molar-refractivity contribution is 6.03. The molecule has 4 saturated carbocycles. The van der Waals surface area contributed by atoms with E-state index in [0.29, 0.717) is 5.70 Å². The normalized spacial score (nSPS) is 44.0. The Labute approximate surface area is 118 Å². The number of rotatable bonds is 1. The van der Waals surface area contributed by atoms with Gasteiger partial charge in [-0.2, -0.15) is 5.26 Å². The maximum Gasteiger partial charge on any atom is 0.270 e. The van der Waals surface area contributed by atoms with Gasteiger partial charge in [-0.1, -0.05) is 6.08 Å². The summed E-state index contributed by atoms with van der Waals surface area (Å²) in [5.74, 6) is 1.82. The third-order valence-electron chi connectivity index (χ3n) is 5.62. The van der Waals surface area contributed by atoms with Crippen molar-refractivity contribution >= 4 is 5.91 Å². The zero-order valence-corrected chi connectivity index (χ0v) is 11.4. The Balaban J connectivity index is 1.70. The molecule has 5 aliphatic rings. The summed E-state index contributed by atoms with van der Waals surface area (Å²) in [5.41, 5.74) is 0.449. The zero-order chi connectivity index (χ0) is 13.9. The first-order valence-electron chi connectivity index (χ1n) is 7.46. The van der Waals surface area contributed by atoms with Crippen LogP contribution in [0.1, 0.15) is 38.5 Å². The highest BCUT2D eigenvalue weighted by atomic mass is 16.3. The number of carbonyl (C=O) groups is 1. The summed E-state index contributed by atoms with van der Waals surface area (Å²) in [6, 6.07) is 1.78. The quantitative estimate of drug-likeness (QED) is 0.769. The second kappa shape index (κ2) is 3.88. The Morgan fingerprint density at radius 2 is 1.75 bits per heavy atom.